The van der Waals surface area contributed by atoms with E-state index in [1.54, 1.807) is 14.2 Å². The second-order valence-electron chi connectivity index (χ2n) is 2.74. The number of hydrogen-bond donors (Lipinski definition) is 1. The van der Waals surface area contributed by atoms with Crippen LogP contribution in [0.4, 0.5) is 5.69 Å². The molecule has 3 nitrogen and oxygen atoms in total. The van der Waals surface area contributed by atoms with Gasteiger partial charge in [-0.1, -0.05) is 6.07 Å². The van der Waals surface area contributed by atoms with Gasteiger partial charge in [-0.3, -0.25) is 4.79 Å². The van der Waals surface area contributed by atoms with E-state index in [2.05, 4.69) is 5.32 Å². The van der Waals surface area contributed by atoms with Crippen molar-refractivity contribution in [1.82, 2.24) is 0 Å². The fourth-order valence-corrected chi connectivity index (χ4v) is 1.31. The summed E-state index contributed by atoms with van der Waals surface area (Å²) in [7, 11) is 3.34. The van der Waals surface area contributed by atoms with Gasteiger partial charge in [0.2, 0.25) is 0 Å². The zero-order valence-corrected chi connectivity index (χ0v) is 8.05. The molecule has 0 aliphatic carbocycles. The van der Waals surface area contributed by atoms with Crippen LogP contribution in [-0.2, 0) is 0 Å². The average molecular weight is 179 g/mol. The highest BCUT2D eigenvalue weighted by molar-refractivity contribution is 5.88. The summed E-state index contributed by atoms with van der Waals surface area (Å²) in [5.74, 6) is 0.641. The van der Waals surface area contributed by atoms with Gasteiger partial charge in [0.15, 0.2) is 6.29 Å². The third-order valence-electron chi connectivity index (χ3n) is 1.98. The van der Waals surface area contributed by atoms with Crippen molar-refractivity contribution >= 4 is 12.0 Å². The molecule has 0 amide bonds. The molecule has 0 radical (unpaired) electrons. The molecule has 1 rings (SSSR count). The molecule has 0 atom stereocenters. The first-order valence-corrected chi connectivity index (χ1v) is 4.05. The second-order valence-corrected chi connectivity index (χ2v) is 2.74. The quantitative estimate of drug-likeness (QED) is 0.720. The van der Waals surface area contributed by atoms with Crippen LogP contribution < -0.4 is 10.1 Å². The molecule has 0 spiro atoms. The van der Waals surface area contributed by atoms with Crippen LogP contribution in [0.25, 0.3) is 0 Å². The Kier molecular flexibility index (Phi) is 2.90. The Morgan fingerprint density at radius 2 is 2.15 bits per heavy atom. The summed E-state index contributed by atoms with van der Waals surface area (Å²) in [6.07, 6.45) is 0.803. The molecule has 0 aliphatic rings. The van der Waals surface area contributed by atoms with E-state index in [0.29, 0.717) is 11.3 Å². The van der Waals surface area contributed by atoms with Crippen LogP contribution in [0, 0.1) is 6.92 Å². The highest BCUT2D eigenvalue weighted by Gasteiger charge is 2.09. The van der Waals surface area contributed by atoms with Gasteiger partial charge in [0.1, 0.15) is 5.75 Å². The molecule has 0 aromatic heterocycles. The Hall–Kier alpha value is -1.51. The molecule has 70 valence electrons. The lowest BCUT2D eigenvalue weighted by atomic mass is 10.1. The molecule has 0 fully saturated rings. The predicted octanol–water partition coefficient (Wildman–Crippen LogP) is 1.86. The van der Waals surface area contributed by atoms with Gasteiger partial charge in [0, 0.05) is 12.7 Å². The number of benzene rings is 1. The first-order valence-electron chi connectivity index (χ1n) is 4.05. The average Bonchev–Trinajstić information content (AvgIpc) is 2.17. The molecule has 0 heterocycles. The third kappa shape index (κ3) is 1.64. The maximum atomic E-state index is 10.8. The standard InChI is InChI=1S/C10H13NO2/c1-7-4-5-9(11-2)8(6-12)10(7)13-3/h4-6,11H,1-3H3. The first kappa shape index (κ1) is 9.58. The molecule has 0 bridgehead atoms. The Balaban J connectivity index is 3.36. The van der Waals surface area contributed by atoms with Crippen molar-refractivity contribution in [3.63, 3.8) is 0 Å². The maximum absolute atomic E-state index is 10.8. The van der Waals surface area contributed by atoms with Crippen molar-refractivity contribution in [2.75, 3.05) is 19.5 Å². The summed E-state index contributed by atoms with van der Waals surface area (Å²) in [6, 6.07) is 3.78. The van der Waals surface area contributed by atoms with Gasteiger partial charge in [0.25, 0.3) is 0 Å². The minimum absolute atomic E-state index is 0.574. The zero-order valence-electron chi connectivity index (χ0n) is 8.05. The van der Waals surface area contributed by atoms with Crippen molar-refractivity contribution in [3.05, 3.63) is 23.3 Å². The normalized spacial score (nSPS) is 9.46. The molecule has 0 saturated heterocycles. The highest BCUT2D eigenvalue weighted by Crippen LogP contribution is 2.27. The fourth-order valence-electron chi connectivity index (χ4n) is 1.31. The van der Waals surface area contributed by atoms with Crippen molar-refractivity contribution in [2.45, 2.75) is 6.92 Å². The number of hydrogen-bond acceptors (Lipinski definition) is 3. The lowest BCUT2D eigenvalue weighted by molar-refractivity contribution is 0.112. The largest absolute Gasteiger partial charge is 0.496 e. The molecule has 0 aliphatic heterocycles. The Labute approximate surface area is 77.7 Å². The Morgan fingerprint density at radius 3 is 2.62 bits per heavy atom. The number of aldehydes is 1. The van der Waals surface area contributed by atoms with Crippen LogP contribution >= 0.6 is 0 Å². The number of aryl methyl sites for hydroxylation is 1. The van der Waals surface area contributed by atoms with Crippen LogP contribution in [0.2, 0.25) is 0 Å². The fraction of sp³-hybridized carbons (Fsp3) is 0.300. The van der Waals surface area contributed by atoms with E-state index < -0.39 is 0 Å². The minimum atomic E-state index is 0.574. The molecule has 0 saturated carbocycles. The van der Waals surface area contributed by atoms with E-state index in [1.807, 2.05) is 19.1 Å². The van der Waals surface area contributed by atoms with Gasteiger partial charge in [-0.05, 0) is 18.6 Å². The zero-order chi connectivity index (χ0) is 9.84. The number of anilines is 1. The maximum Gasteiger partial charge on any atom is 0.155 e. The van der Waals surface area contributed by atoms with Gasteiger partial charge in [-0.15, -0.1) is 0 Å². The number of carbonyl (C=O) groups is 1. The van der Waals surface area contributed by atoms with Gasteiger partial charge in [0.05, 0.1) is 12.7 Å². The van der Waals surface area contributed by atoms with Crippen molar-refractivity contribution in [1.29, 1.82) is 0 Å². The van der Waals surface area contributed by atoms with Gasteiger partial charge in [-0.25, -0.2) is 0 Å². The van der Waals surface area contributed by atoms with Crippen LogP contribution in [-0.4, -0.2) is 20.4 Å². The monoisotopic (exact) mass is 179 g/mol. The molecule has 0 unspecified atom stereocenters. The van der Waals surface area contributed by atoms with E-state index in [-0.39, 0.29) is 0 Å². The lowest BCUT2D eigenvalue weighted by Crippen LogP contribution is -1.99. The first-order chi connectivity index (χ1) is 6.24. The number of rotatable bonds is 3. The summed E-state index contributed by atoms with van der Waals surface area (Å²) in [5.41, 5.74) is 2.33. The summed E-state index contributed by atoms with van der Waals surface area (Å²) in [4.78, 5) is 10.8. The van der Waals surface area contributed by atoms with Gasteiger partial charge >= 0.3 is 0 Å². The van der Waals surface area contributed by atoms with Gasteiger partial charge in [-0.2, -0.15) is 0 Å². The van der Waals surface area contributed by atoms with Crippen molar-refractivity contribution in [3.8, 4) is 5.75 Å². The van der Waals surface area contributed by atoms with E-state index in [4.69, 9.17) is 4.74 Å². The van der Waals surface area contributed by atoms with E-state index in [0.717, 1.165) is 17.5 Å². The van der Waals surface area contributed by atoms with E-state index in [1.165, 1.54) is 0 Å². The van der Waals surface area contributed by atoms with Crippen LogP contribution in [0.1, 0.15) is 15.9 Å². The number of methoxy groups -OCH3 is 1. The molecule has 1 N–H and O–H groups in total. The predicted molar refractivity (Wildman–Crippen MR) is 52.7 cm³/mol. The minimum Gasteiger partial charge on any atom is -0.496 e. The molecule has 1 aromatic rings. The number of nitrogens with one attached hydrogen (secondary N) is 1. The molecular formula is C10H13NO2. The lowest BCUT2D eigenvalue weighted by Gasteiger charge is -2.11. The van der Waals surface area contributed by atoms with Crippen LogP contribution in [0.15, 0.2) is 12.1 Å². The van der Waals surface area contributed by atoms with Crippen LogP contribution in [0.3, 0.4) is 0 Å². The Morgan fingerprint density at radius 1 is 1.46 bits per heavy atom. The number of ether oxygens (including phenoxy) is 1. The summed E-state index contributed by atoms with van der Waals surface area (Å²) in [5, 5.41) is 2.94. The molecule has 1 aromatic carbocycles. The van der Waals surface area contributed by atoms with Crippen molar-refractivity contribution in [2.24, 2.45) is 0 Å². The third-order valence-corrected chi connectivity index (χ3v) is 1.98. The SMILES string of the molecule is CNc1ccc(C)c(OC)c1C=O. The summed E-state index contributed by atoms with van der Waals surface area (Å²) in [6.45, 7) is 1.91. The van der Waals surface area contributed by atoms with Crippen molar-refractivity contribution < 1.29 is 9.53 Å². The smallest absolute Gasteiger partial charge is 0.155 e. The molecule has 13 heavy (non-hydrogen) atoms. The van der Waals surface area contributed by atoms with E-state index in [9.17, 15) is 4.79 Å². The number of carbonyl (C=O) groups excluding carboxylic acids is 1. The topological polar surface area (TPSA) is 38.3 Å². The van der Waals surface area contributed by atoms with E-state index >= 15 is 0 Å². The highest BCUT2D eigenvalue weighted by atomic mass is 16.5. The second kappa shape index (κ2) is 3.94. The van der Waals surface area contributed by atoms with Gasteiger partial charge < -0.3 is 10.1 Å². The molecule has 3 heteroatoms. The summed E-state index contributed by atoms with van der Waals surface area (Å²) >= 11 is 0. The molecular weight excluding hydrogens is 166 g/mol. The summed E-state index contributed by atoms with van der Waals surface area (Å²) < 4.78 is 5.14. The van der Waals surface area contributed by atoms with Crippen LogP contribution in [0.5, 0.6) is 5.75 Å². The Bertz CT molecular complexity index is 321.